The van der Waals surface area contributed by atoms with Crippen molar-refractivity contribution in [2.45, 2.75) is 6.92 Å². The van der Waals surface area contributed by atoms with Crippen LogP contribution < -0.4 is 11.0 Å². The lowest BCUT2D eigenvalue weighted by Crippen LogP contribution is -2.33. The van der Waals surface area contributed by atoms with E-state index in [4.69, 9.17) is 0 Å². The van der Waals surface area contributed by atoms with Crippen LogP contribution in [-0.4, -0.2) is 25.3 Å². The van der Waals surface area contributed by atoms with Crippen LogP contribution in [0.25, 0.3) is 16.7 Å². The molecule has 2 aromatic carbocycles. The highest BCUT2D eigenvalue weighted by Crippen LogP contribution is 2.14. The van der Waals surface area contributed by atoms with Crippen molar-refractivity contribution >= 4 is 39.5 Å². The molecule has 2 heterocycles. The number of aryl methyl sites for hydroxylation is 1. The lowest BCUT2D eigenvalue weighted by molar-refractivity contribution is 0.101. The second kappa shape index (κ2) is 6.95. The number of amides is 1. The summed E-state index contributed by atoms with van der Waals surface area (Å²) in [5.41, 5.74) is 5.04. The number of nitrogens with zero attached hydrogens (tertiary/aromatic N) is 4. The van der Waals surface area contributed by atoms with Crippen molar-refractivity contribution in [1.29, 1.82) is 0 Å². The van der Waals surface area contributed by atoms with Gasteiger partial charge in [0.1, 0.15) is 11.7 Å². The van der Waals surface area contributed by atoms with Crippen LogP contribution in [0.1, 0.15) is 15.9 Å². The molecule has 7 nitrogen and oxygen atoms in total. The number of rotatable bonds is 3. The molecule has 0 spiro atoms. The summed E-state index contributed by atoms with van der Waals surface area (Å²) in [5.74, 6) is -0.380. The van der Waals surface area contributed by atoms with Gasteiger partial charge in [-0.2, -0.15) is 5.10 Å². The maximum Gasteiger partial charge on any atom is 0.283 e. The highest BCUT2D eigenvalue weighted by Gasteiger charge is 2.14. The van der Waals surface area contributed by atoms with E-state index in [2.05, 4.69) is 38.1 Å². The monoisotopic (exact) mass is 471 g/mol. The average molecular weight is 471 g/mol. The third-order valence-corrected chi connectivity index (χ3v) is 5.05. The minimum atomic E-state index is -0.391. The van der Waals surface area contributed by atoms with Crippen LogP contribution in [0.2, 0.25) is 0 Å². The molecule has 1 amide bonds. The number of halogens is 1. The first kappa shape index (κ1) is 17.4. The van der Waals surface area contributed by atoms with Gasteiger partial charge in [0.15, 0.2) is 5.65 Å². The van der Waals surface area contributed by atoms with Crippen molar-refractivity contribution in [2.75, 3.05) is 5.43 Å². The summed E-state index contributed by atoms with van der Waals surface area (Å²) < 4.78 is 3.47. The normalized spacial score (nSPS) is 10.9. The molecule has 0 radical (unpaired) electrons. The molecule has 134 valence electrons. The van der Waals surface area contributed by atoms with Gasteiger partial charge in [-0.05, 0) is 53.8 Å². The SMILES string of the molecule is Cc1ccc(-n2ncc3c(=O)n(NC(=O)c4ccccc4I)cnc32)cc1. The minimum absolute atomic E-state index is 0.320. The van der Waals surface area contributed by atoms with Gasteiger partial charge >= 0.3 is 0 Å². The molecular weight excluding hydrogens is 457 g/mol. The van der Waals surface area contributed by atoms with Crippen LogP contribution in [0.3, 0.4) is 0 Å². The zero-order valence-corrected chi connectivity index (χ0v) is 16.4. The smallest absolute Gasteiger partial charge is 0.267 e. The van der Waals surface area contributed by atoms with E-state index in [0.717, 1.165) is 19.5 Å². The van der Waals surface area contributed by atoms with Crippen molar-refractivity contribution in [2.24, 2.45) is 0 Å². The highest BCUT2D eigenvalue weighted by atomic mass is 127. The Kier molecular flexibility index (Phi) is 4.48. The van der Waals surface area contributed by atoms with Gasteiger partial charge in [0, 0.05) is 3.57 Å². The molecule has 2 aromatic heterocycles. The Morgan fingerprint density at radius 3 is 2.59 bits per heavy atom. The number of hydrogen-bond acceptors (Lipinski definition) is 4. The molecule has 0 atom stereocenters. The van der Waals surface area contributed by atoms with Gasteiger partial charge in [0.2, 0.25) is 0 Å². The predicted octanol–water partition coefficient (Wildman–Crippen LogP) is 2.88. The Bertz CT molecular complexity index is 1210. The van der Waals surface area contributed by atoms with E-state index in [1.807, 2.05) is 43.3 Å². The number of fused-ring (bicyclic) bond motifs is 1. The van der Waals surface area contributed by atoms with Gasteiger partial charge in [0.25, 0.3) is 11.5 Å². The van der Waals surface area contributed by atoms with Gasteiger partial charge in [-0.25, -0.2) is 14.3 Å². The van der Waals surface area contributed by atoms with E-state index in [1.165, 1.54) is 12.5 Å². The highest BCUT2D eigenvalue weighted by molar-refractivity contribution is 14.1. The third kappa shape index (κ3) is 3.23. The lowest BCUT2D eigenvalue weighted by atomic mass is 10.2. The topological polar surface area (TPSA) is 81.8 Å². The number of benzene rings is 2. The van der Waals surface area contributed by atoms with E-state index in [1.54, 1.807) is 16.8 Å². The zero-order chi connectivity index (χ0) is 19.0. The van der Waals surface area contributed by atoms with Gasteiger partial charge in [0.05, 0.1) is 17.4 Å². The van der Waals surface area contributed by atoms with Crippen LogP contribution in [0, 0.1) is 10.5 Å². The van der Waals surface area contributed by atoms with Gasteiger partial charge < -0.3 is 0 Å². The Morgan fingerprint density at radius 1 is 1.11 bits per heavy atom. The van der Waals surface area contributed by atoms with Crippen LogP contribution >= 0.6 is 22.6 Å². The van der Waals surface area contributed by atoms with E-state index in [9.17, 15) is 9.59 Å². The molecule has 4 aromatic rings. The molecule has 0 fully saturated rings. The molecular formula is C19H14IN5O2. The standard InChI is InChI=1S/C19H14IN5O2/c1-12-6-8-13(9-7-12)25-17-15(10-22-25)19(27)24(11-21-17)23-18(26)14-4-2-3-5-16(14)20/h2-11H,1H3,(H,23,26). The fourth-order valence-corrected chi connectivity index (χ4v) is 3.31. The van der Waals surface area contributed by atoms with E-state index in [-0.39, 0.29) is 5.91 Å². The van der Waals surface area contributed by atoms with Crippen LogP contribution in [0.5, 0.6) is 0 Å². The summed E-state index contributed by atoms with van der Waals surface area (Å²) in [6, 6.07) is 14.9. The second-order valence-electron chi connectivity index (χ2n) is 5.97. The van der Waals surface area contributed by atoms with Crippen LogP contribution in [0.4, 0.5) is 0 Å². The Labute approximate surface area is 167 Å². The van der Waals surface area contributed by atoms with Crippen LogP contribution in [0.15, 0.2) is 65.8 Å². The molecule has 0 saturated heterocycles. The summed E-state index contributed by atoms with van der Waals surface area (Å²) in [6.45, 7) is 2.00. The number of aromatic nitrogens is 4. The van der Waals surface area contributed by atoms with Gasteiger partial charge in [-0.1, -0.05) is 29.8 Å². The third-order valence-electron chi connectivity index (χ3n) is 4.11. The first-order chi connectivity index (χ1) is 13.0. The molecule has 0 aliphatic heterocycles. The van der Waals surface area contributed by atoms with Crippen molar-refractivity contribution in [3.05, 3.63) is 86.1 Å². The Balaban J connectivity index is 1.71. The predicted molar refractivity (Wildman–Crippen MR) is 111 cm³/mol. The van der Waals surface area contributed by atoms with Gasteiger partial charge in [-0.15, -0.1) is 0 Å². The first-order valence-corrected chi connectivity index (χ1v) is 9.21. The summed E-state index contributed by atoms with van der Waals surface area (Å²) in [4.78, 5) is 29.5. The molecule has 8 heteroatoms. The number of carbonyl (C=O) groups excluding carboxylic acids is 1. The van der Waals surface area contributed by atoms with Gasteiger partial charge in [-0.3, -0.25) is 15.0 Å². The average Bonchev–Trinajstić information content (AvgIpc) is 3.10. The molecule has 27 heavy (non-hydrogen) atoms. The number of hydrogen-bond donors (Lipinski definition) is 1. The Morgan fingerprint density at radius 2 is 1.85 bits per heavy atom. The van der Waals surface area contributed by atoms with Crippen molar-refractivity contribution < 1.29 is 4.79 Å². The van der Waals surface area contributed by atoms with E-state index >= 15 is 0 Å². The summed E-state index contributed by atoms with van der Waals surface area (Å²) in [7, 11) is 0. The quantitative estimate of drug-likeness (QED) is 0.466. The van der Waals surface area contributed by atoms with Crippen molar-refractivity contribution in [1.82, 2.24) is 19.4 Å². The first-order valence-electron chi connectivity index (χ1n) is 8.13. The maximum absolute atomic E-state index is 12.7. The number of carbonyl (C=O) groups is 1. The summed E-state index contributed by atoms with van der Waals surface area (Å²) >= 11 is 2.08. The number of nitrogens with one attached hydrogen (secondary N) is 1. The van der Waals surface area contributed by atoms with E-state index < -0.39 is 5.56 Å². The molecule has 1 N–H and O–H groups in total. The molecule has 0 bridgehead atoms. The molecule has 0 unspecified atom stereocenters. The lowest BCUT2D eigenvalue weighted by Gasteiger charge is -2.09. The largest absolute Gasteiger partial charge is 0.283 e. The Hall–Kier alpha value is -3.01. The minimum Gasteiger partial charge on any atom is -0.267 e. The maximum atomic E-state index is 12.7. The zero-order valence-electron chi connectivity index (χ0n) is 14.3. The fourth-order valence-electron chi connectivity index (χ4n) is 2.68. The molecule has 0 aliphatic rings. The summed E-state index contributed by atoms with van der Waals surface area (Å²) in [6.07, 6.45) is 2.75. The molecule has 0 aliphatic carbocycles. The summed E-state index contributed by atoms with van der Waals surface area (Å²) in [5, 5.41) is 4.60. The van der Waals surface area contributed by atoms with Crippen LogP contribution in [-0.2, 0) is 0 Å². The van der Waals surface area contributed by atoms with Crippen molar-refractivity contribution in [3.63, 3.8) is 0 Å². The second-order valence-corrected chi connectivity index (χ2v) is 7.13. The molecule has 0 saturated carbocycles. The van der Waals surface area contributed by atoms with Crippen molar-refractivity contribution in [3.8, 4) is 5.69 Å². The molecule has 4 rings (SSSR count). The fraction of sp³-hybridized carbons (Fsp3) is 0.0526. The van der Waals surface area contributed by atoms with E-state index in [0.29, 0.717) is 16.6 Å².